The summed E-state index contributed by atoms with van der Waals surface area (Å²) in [6, 6.07) is 7.55. The Morgan fingerprint density at radius 2 is 2.14 bits per heavy atom. The van der Waals surface area contributed by atoms with Crippen LogP contribution in [0.4, 0.5) is 5.69 Å². The number of benzene rings is 1. The average Bonchev–Trinajstić information content (AvgIpc) is 2.46. The normalized spacial score (nSPS) is 10.4. The molecule has 0 spiro atoms. The van der Waals surface area contributed by atoms with Crippen molar-refractivity contribution in [3.8, 4) is 11.6 Å². The Hall–Kier alpha value is -1.99. The Labute approximate surface area is 130 Å². The summed E-state index contributed by atoms with van der Waals surface area (Å²) in [4.78, 5) is 14.4. The highest BCUT2D eigenvalue weighted by Gasteiger charge is 2.19. The minimum absolute atomic E-state index is 0.0438. The molecule has 110 valence electrons. The lowest BCUT2D eigenvalue weighted by Gasteiger charge is -2.12. The summed E-state index contributed by atoms with van der Waals surface area (Å²) >= 11 is 3.31. The van der Waals surface area contributed by atoms with Gasteiger partial charge < -0.3 is 10.1 Å². The Morgan fingerprint density at radius 3 is 2.81 bits per heavy atom. The van der Waals surface area contributed by atoms with Gasteiger partial charge in [0.1, 0.15) is 11.9 Å². The molecule has 0 radical (unpaired) electrons. The maximum atomic E-state index is 10.9. The molecule has 0 fully saturated rings. The molecule has 0 aliphatic rings. The van der Waals surface area contributed by atoms with Crippen molar-refractivity contribution in [1.82, 2.24) is 10.3 Å². The molecule has 1 aromatic carbocycles. The monoisotopic (exact) mass is 351 g/mol. The number of aromatic nitrogens is 1. The minimum Gasteiger partial charge on any atom is -0.438 e. The number of rotatable bonds is 5. The Balaban J connectivity index is 2.37. The predicted octanol–water partition coefficient (Wildman–Crippen LogP) is 3.57. The number of nitrogens with zero attached hydrogens (tertiary/aromatic N) is 2. The van der Waals surface area contributed by atoms with Gasteiger partial charge in [0.2, 0.25) is 5.88 Å². The van der Waals surface area contributed by atoms with Gasteiger partial charge in [-0.15, -0.1) is 0 Å². The van der Waals surface area contributed by atoms with Crippen molar-refractivity contribution < 1.29 is 9.66 Å². The van der Waals surface area contributed by atoms with Gasteiger partial charge in [0.25, 0.3) is 5.69 Å². The predicted molar refractivity (Wildman–Crippen MR) is 82.6 cm³/mol. The number of nitro groups is 1. The van der Waals surface area contributed by atoms with Gasteiger partial charge in [-0.25, -0.2) is 4.98 Å². The first-order chi connectivity index (χ1) is 10.0. The number of hydrogen-bond acceptors (Lipinski definition) is 5. The number of ether oxygens (including phenoxy) is 1. The highest BCUT2D eigenvalue weighted by atomic mass is 79.9. The summed E-state index contributed by atoms with van der Waals surface area (Å²) in [7, 11) is 1.85. The Bertz CT molecular complexity index is 677. The van der Waals surface area contributed by atoms with Gasteiger partial charge in [-0.3, -0.25) is 10.1 Å². The molecule has 7 heteroatoms. The van der Waals surface area contributed by atoms with Crippen molar-refractivity contribution in [3.63, 3.8) is 0 Å². The lowest BCUT2D eigenvalue weighted by Crippen LogP contribution is -2.06. The largest absolute Gasteiger partial charge is 0.438 e. The Morgan fingerprint density at radius 1 is 1.43 bits per heavy atom. The van der Waals surface area contributed by atoms with Crippen LogP contribution >= 0.6 is 15.9 Å². The summed E-state index contributed by atoms with van der Waals surface area (Å²) in [5.41, 5.74) is 1.42. The number of nitrogens with one attached hydrogen (secondary N) is 1. The first-order valence-electron chi connectivity index (χ1n) is 6.24. The van der Waals surface area contributed by atoms with E-state index in [-0.39, 0.29) is 5.69 Å². The molecule has 0 amide bonds. The van der Waals surface area contributed by atoms with E-state index < -0.39 is 4.92 Å². The summed E-state index contributed by atoms with van der Waals surface area (Å²) < 4.78 is 6.27. The fourth-order valence-electron chi connectivity index (χ4n) is 1.85. The van der Waals surface area contributed by atoms with Gasteiger partial charge in [0.05, 0.1) is 9.40 Å². The van der Waals surface area contributed by atoms with Crippen LogP contribution in [0.2, 0.25) is 0 Å². The van der Waals surface area contributed by atoms with Crippen molar-refractivity contribution in [1.29, 1.82) is 0 Å². The van der Waals surface area contributed by atoms with Crippen molar-refractivity contribution in [2.75, 3.05) is 7.05 Å². The molecule has 1 heterocycles. The number of halogens is 1. The fourth-order valence-corrected chi connectivity index (χ4v) is 2.23. The molecule has 1 aromatic heterocycles. The van der Waals surface area contributed by atoms with Gasteiger partial charge in [0.15, 0.2) is 0 Å². The molecule has 2 aromatic rings. The van der Waals surface area contributed by atoms with E-state index in [2.05, 4.69) is 26.2 Å². The van der Waals surface area contributed by atoms with E-state index in [4.69, 9.17) is 4.74 Å². The maximum absolute atomic E-state index is 10.9. The van der Waals surface area contributed by atoms with E-state index in [0.29, 0.717) is 28.2 Å². The second kappa shape index (κ2) is 6.64. The highest BCUT2D eigenvalue weighted by Crippen LogP contribution is 2.35. The van der Waals surface area contributed by atoms with Crippen LogP contribution in [0.25, 0.3) is 0 Å². The summed E-state index contributed by atoms with van der Waals surface area (Å²) in [6.07, 6.45) is 1.20. The van der Waals surface area contributed by atoms with E-state index in [0.717, 1.165) is 5.56 Å². The van der Waals surface area contributed by atoms with Gasteiger partial charge in [-0.2, -0.15) is 0 Å². The van der Waals surface area contributed by atoms with Crippen LogP contribution in [-0.4, -0.2) is 17.0 Å². The van der Waals surface area contributed by atoms with E-state index in [1.54, 1.807) is 6.92 Å². The van der Waals surface area contributed by atoms with Crippen LogP contribution in [0.15, 0.2) is 34.9 Å². The zero-order chi connectivity index (χ0) is 15.4. The van der Waals surface area contributed by atoms with Gasteiger partial charge >= 0.3 is 0 Å². The maximum Gasteiger partial charge on any atom is 0.291 e. The minimum atomic E-state index is -0.466. The number of hydrogen-bond donors (Lipinski definition) is 1. The first-order valence-corrected chi connectivity index (χ1v) is 7.03. The molecule has 2 rings (SSSR count). The first kappa shape index (κ1) is 15.4. The molecular weight excluding hydrogens is 338 g/mol. The van der Waals surface area contributed by atoms with E-state index in [1.165, 1.54) is 6.20 Å². The molecule has 0 bridgehead atoms. The van der Waals surface area contributed by atoms with Crippen molar-refractivity contribution in [2.45, 2.75) is 13.5 Å². The fraction of sp³-hybridized carbons (Fsp3) is 0.214. The average molecular weight is 352 g/mol. The summed E-state index contributed by atoms with van der Waals surface area (Å²) in [5.74, 6) is 0.968. The molecule has 0 aliphatic heterocycles. The van der Waals surface area contributed by atoms with Gasteiger partial charge in [-0.05, 0) is 36.0 Å². The lowest BCUT2D eigenvalue weighted by atomic mass is 10.2. The van der Waals surface area contributed by atoms with Crippen molar-refractivity contribution in [3.05, 3.63) is 56.2 Å². The van der Waals surface area contributed by atoms with Crippen LogP contribution < -0.4 is 10.1 Å². The topological polar surface area (TPSA) is 77.3 Å². The number of pyridine rings is 1. The molecule has 0 saturated carbocycles. The molecule has 0 unspecified atom stereocenters. The molecule has 21 heavy (non-hydrogen) atoms. The molecule has 0 atom stereocenters. The van der Waals surface area contributed by atoms with E-state index in [9.17, 15) is 10.1 Å². The summed E-state index contributed by atoms with van der Waals surface area (Å²) in [6.45, 7) is 2.30. The van der Waals surface area contributed by atoms with Gasteiger partial charge in [-0.1, -0.05) is 18.2 Å². The zero-order valence-corrected chi connectivity index (χ0v) is 13.2. The smallest absolute Gasteiger partial charge is 0.291 e. The van der Waals surface area contributed by atoms with Crippen LogP contribution in [0, 0.1) is 17.0 Å². The standard InChI is InChI=1S/C14H14BrN3O3/c1-9-11(18(19)20)8-17-14(13(9)15)21-12-6-4-3-5-10(12)7-16-2/h3-6,8,16H,7H2,1-2H3. The highest BCUT2D eigenvalue weighted by molar-refractivity contribution is 9.10. The third-order valence-electron chi connectivity index (χ3n) is 2.95. The second-order valence-electron chi connectivity index (χ2n) is 4.38. The van der Waals surface area contributed by atoms with Gasteiger partial charge in [0, 0.05) is 17.7 Å². The van der Waals surface area contributed by atoms with Crippen molar-refractivity contribution >= 4 is 21.6 Å². The number of para-hydroxylation sites is 1. The van der Waals surface area contributed by atoms with E-state index >= 15 is 0 Å². The zero-order valence-electron chi connectivity index (χ0n) is 11.6. The molecule has 0 saturated heterocycles. The Kier molecular flexibility index (Phi) is 4.87. The molecule has 6 nitrogen and oxygen atoms in total. The quantitative estimate of drug-likeness (QED) is 0.658. The van der Waals surface area contributed by atoms with Crippen LogP contribution in [0.5, 0.6) is 11.6 Å². The molecular formula is C14H14BrN3O3. The van der Waals surface area contributed by atoms with E-state index in [1.807, 2.05) is 31.3 Å². The van der Waals surface area contributed by atoms with Crippen molar-refractivity contribution in [2.24, 2.45) is 0 Å². The third-order valence-corrected chi connectivity index (χ3v) is 3.88. The molecule has 0 aliphatic carbocycles. The SMILES string of the molecule is CNCc1ccccc1Oc1ncc([N+](=O)[O-])c(C)c1Br. The van der Waals surface area contributed by atoms with Crippen LogP contribution in [0.1, 0.15) is 11.1 Å². The lowest BCUT2D eigenvalue weighted by molar-refractivity contribution is -0.385. The molecule has 1 N–H and O–H groups in total. The summed E-state index contributed by atoms with van der Waals surface area (Å²) in [5, 5.41) is 13.9. The third kappa shape index (κ3) is 3.37. The second-order valence-corrected chi connectivity index (χ2v) is 5.18. The van der Waals surface area contributed by atoms with Crippen LogP contribution in [-0.2, 0) is 6.54 Å². The van der Waals surface area contributed by atoms with Crippen LogP contribution in [0.3, 0.4) is 0 Å².